The van der Waals surface area contributed by atoms with Crippen LogP contribution in [0.4, 0.5) is 0 Å². The first-order chi connectivity index (χ1) is 9.39. The molecule has 0 saturated heterocycles. The Morgan fingerprint density at radius 3 is 2.55 bits per heavy atom. The van der Waals surface area contributed by atoms with E-state index in [4.69, 9.17) is 5.73 Å². The van der Waals surface area contributed by atoms with Crippen molar-refractivity contribution in [2.45, 2.75) is 63.6 Å². The van der Waals surface area contributed by atoms with Crippen LogP contribution in [0.2, 0.25) is 0 Å². The van der Waals surface area contributed by atoms with Crippen LogP contribution < -0.4 is 10.5 Å². The van der Waals surface area contributed by atoms with Crippen LogP contribution in [-0.4, -0.2) is 19.0 Å². The van der Waals surface area contributed by atoms with Gasteiger partial charge in [-0.05, 0) is 31.2 Å². The Balaban J connectivity index is 2.25. The molecule has 1 atom stereocenters. The van der Waals surface area contributed by atoms with Gasteiger partial charge < -0.3 is 10.3 Å². The number of hydrogen-bond donors (Lipinski definition) is 2. The monoisotopic (exact) mass is 299 g/mol. The highest BCUT2D eigenvalue weighted by Crippen LogP contribution is 2.37. The van der Waals surface area contributed by atoms with Crippen molar-refractivity contribution in [3.63, 3.8) is 0 Å². The number of hydrogen-bond acceptors (Lipinski definition) is 3. The van der Waals surface area contributed by atoms with Crippen LogP contribution in [0.1, 0.15) is 51.8 Å². The Morgan fingerprint density at radius 2 is 2.10 bits per heavy atom. The Kier molecular flexibility index (Phi) is 4.56. The van der Waals surface area contributed by atoms with Gasteiger partial charge in [-0.3, -0.25) is 0 Å². The van der Waals surface area contributed by atoms with E-state index >= 15 is 0 Å². The summed E-state index contributed by atoms with van der Waals surface area (Å²) in [6.07, 6.45) is 4.73. The first-order valence-corrected chi connectivity index (χ1v) is 8.80. The SMILES string of the molecule is CCC(NS(=O)(=O)c1cc(CN)n(C2CC2)c1)C(C)C. The van der Waals surface area contributed by atoms with E-state index < -0.39 is 10.0 Å². The molecule has 5 nitrogen and oxygen atoms in total. The van der Waals surface area contributed by atoms with Crippen molar-refractivity contribution in [2.24, 2.45) is 11.7 Å². The van der Waals surface area contributed by atoms with Crippen molar-refractivity contribution < 1.29 is 8.42 Å². The van der Waals surface area contributed by atoms with Crippen molar-refractivity contribution in [2.75, 3.05) is 0 Å². The van der Waals surface area contributed by atoms with Crippen LogP contribution in [-0.2, 0) is 16.6 Å². The fraction of sp³-hybridized carbons (Fsp3) is 0.714. The standard InChI is InChI=1S/C14H25N3O2S/c1-4-14(10(2)3)16-20(18,19)13-7-12(8-15)17(9-13)11-5-6-11/h7,9-11,14,16H,4-6,8,15H2,1-3H3. The van der Waals surface area contributed by atoms with Crippen LogP contribution in [0.5, 0.6) is 0 Å². The molecule has 1 unspecified atom stereocenters. The lowest BCUT2D eigenvalue weighted by Crippen LogP contribution is -2.37. The predicted molar refractivity (Wildman–Crippen MR) is 79.8 cm³/mol. The van der Waals surface area contributed by atoms with E-state index in [2.05, 4.69) is 4.72 Å². The molecule has 0 aliphatic heterocycles. The van der Waals surface area contributed by atoms with E-state index in [1.54, 1.807) is 12.3 Å². The summed E-state index contributed by atoms with van der Waals surface area (Å²) in [6, 6.07) is 2.10. The van der Waals surface area contributed by atoms with E-state index in [0.717, 1.165) is 25.0 Å². The van der Waals surface area contributed by atoms with E-state index in [1.165, 1.54) is 0 Å². The van der Waals surface area contributed by atoms with E-state index in [-0.39, 0.29) is 12.0 Å². The molecule has 1 aromatic rings. The third-order valence-electron chi connectivity index (χ3n) is 3.92. The van der Waals surface area contributed by atoms with Gasteiger partial charge in [0.2, 0.25) is 10.0 Å². The quantitative estimate of drug-likeness (QED) is 0.808. The normalized spacial score (nSPS) is 17.6. The van der Waals surface area contributed by atoms with Gasteiger partial charge in [-0.15, -0.1) is 0 Å². The fourth-order valence-corrected chi connectivity index (χ4v) is 3.98. The van der Waals surface area contributed by atoms with Crippen LogP contribution in [0.15, 0.2) is 17.2 Å². The average molecular weight is 299 g/mol. The number of nitrogens with two attached hydrogens (primary N) is 1. The highest BCUT2D eigenvalue weighted by molar-refractivity contribution is 7.89. The van der Waals surface area contributed by atoms with E-state index in [0.29, 0.717) is 17.5 Å². The number of sulfonamides is 1. The first kappa shape index (κ1) is 15.5. The number of aromatic nitrogens is 1. The van der Waals surface area contributed by atoms with Gasteiger partial charge in [0.05, 0.1) is 4.90 Å². The Hall–Kier alpha value is -0.850. The van der Waals surface area contributed by atoms with Gasteiger partial charge in [0, 0.05) is 30.5 Å². The Labute approximate surface area is 121 Å². The second kappa shape index (κ2) is 5.87. The maximum Gasteiger partial charge on any atom is 0.242 e. The summed E-state index contributed by atoms with van der Waals surface area (Å²) >= 11 is 0. The van der Waals surface area contributed by atoms with Crippen LogP contribution in [0.3, 0.4) is 0 Å². The number of nitrogens with one attached hydrogen (secondary N) is 1. The smallest absolute Gasteiger partial charge is 0.242 e. The molecule has 6 heteroatoms. The zero-order valence-corrected chi connectivity index (χ0v) is 13.3. The molecule has 1 heterocycles. The molecule has 114 valence electrons. The first-order valence-electron chi connectivity index (χ1n) is 7.32. The lowest BCUT2D eigenvalue weighted by molar-refractivity contribution is 0.437. The molecule has 0 aromatic carbocycles. The highest BCUT2D eigenvalue weighted by atomic mass is 32.2. The molecule has 1 aliphatic carbocycles. The van der Waals surface area contributed by atoms with Gasteiger partial charge in [0.25, 0.3) is 0 Å². The molecule has 1 fully saturated rings. The minimum absolute atomic E-state index is 0.0365. The third kappa shape index (κ3) is 3.24. The predicted octanol–water partition coefficient (Wildman–Crippen LogP) is 1.99. The summed E-state index contributed by atoms with van der Waals surface area (Å²) in [7, 11) is -3.46. The molecule has 0 bridgehead atoms. The summed E-state index contributed by atoms with van der Waals surface area (Å²) in [5.74, 6) is 0.272. The molecule has 3 N–H and O–H groups in total. The highest BCUT2D eigenvalue weighted by Gasteiger charge is 2.29. The molecule has 20 heavy (non-hydrogen) atoms. The average Bonchev–Trinajstić information content (AvgIpc) is 3.14. The Bertz CT molecular complexity index is 559. The number of nitrogens with zero attached hydrogens (tertiary/aromatic N) is 1. The van der Waals surface area contributed by atoms with Gasteiger partial charge in [-0.2, -0.15) is 0 Å². The minimum Gasteiger partial charge on any atom is -0.346 e. The molecular weight excluding hydrogens is 274 g/mol. The maximum atomic E-state index is 12.5. The lowest BCUT2D eigenvalue weighted by atomic mass is 10.0. The third-order valence-corrected chi connectivity index (χ3v) is 5.37. The molecule has 2 rings (SSSR count). The molecule has 1 aromatic heterocycles. The van der Waals surface area contributed by atoms with E-state index in [9.17, 15) is 8.42 Å². The molecular formula is C14H25N3O2S. The maximum absolute atomic E-state index is 12.5. The van der Waals surface area contributed by atoms with Crippen LogP contribution in [0, 0.1) is 5.92 Å². The van der Waals surface area contributed by atoms with Crippen LogP contribution in [0.25, 0.3) is 0 Å². The van der Waals surface area contributed by atoms with Gasteiger partial charge in [0.15, 0.2) is 0 Å². The van der Waals surface area contributed by atoms with Crippen LogP contribution >= 0.6 is 0 Å². The van der Waals surface area contributed by atoms with Gasteiger partial charge >= 0.3 is 0 Å². The second-order valence-electron chi connectivity index (χ2n) is 5.89. The van der Waals surface area contributed by atoms with Crippen molar-refractivity contribution in [3.8, 4) is 0 Å². The van der Waals surface area contributed by atoms with Gasteiger partial charge in [-0.1, -0.05) is 20.8 Å². The van der Waals surface area contributed by atoms with Crippen molar-refractivity contribution >= 4 is 10.0 Å². The molecule has 0 radical (unpaired) electrons. The van der Waals surface area contributed by atoms with E-state index in [1.807, 2.05) is 25.3 Å². The van der Waals surface area contributed by atoms with Gasteiger partial charge in [0.1, 0.15) is 0 Å². The summed E-state index contributed by atoms with van der Waals surface area (Å²) < 4.78 is 29.7. The summed E-state index contributed by atoms with van der Waals surface area (Å²) in [6.45, 7) is 6.41. The lowest BCUT2D eigenvalue weighted by Gasteiger charge is -2.20. The summed E-state index contributed by atoms with van der Waals surface area (Å²) in [4.78, 5) is 0.337. The zero-order valence-electron chi connectivity index (χ0n) is 12.5. The van der Waals surface area contributed by atoms with Crippen molar-refractivity contribution in [1.82, 2.24) is 9.29 Å². The van der Waals surface area contributed by atoms with Crippen molar-refractivity contribution in [3.05, 3.63) is 18.0 Å². The fourth-order valence-electron chi connectivity index (χ4n) is 2.46. The molecule has 0 spiro atoms. The zero-order chi connectivity index (χ0) is 14.9. The van der Waals surface area contributed by atoms with Crippen molar-refractivity contribution in [1.29, 1.82) is 0 Å². The minimum atomic E-state index is -3.46. The molecule has 1 aliphatic rings. The Morgan fingerprint density at radius 1 is 1.45 bits per heavy atom. The summed E-state index contributed by atoms with van der Waals surface area (Å²) in [5, 5.41) is 0. The molecule has 1 saturated carbocycles. The molecule has 0 amide bonds. The van der Waals surface area contributed by atoms with Gasteiger partial charge in [-0.25, -0.2) is 13.1 Å². The largest absolute Gasteiger partial charge is 0.346 e. The topological polar surface area (TPSA) is 77.1 Å². The summed E-state index contributed by atoms with van der Waals surface area (Å²) in [5.41, 5.74) is 6.61. The second-order valence-corrected chi connectivity index (χ2v) is 7.60. The number of rotatable bonds is 7.